The third-order valence-electron chi connectivity index (χ3n) is 3.72. The van der Waals surface area contributed by atoms with Crippen LogP contribution in [0, 0.1) is 6.92 Å². The van der Waals surface area contributed by atoms with Crippen LogP contribution in [-0.2, 0) is 24.2 Å². The lowest BCUT2D eigenvalue weighted by molar-refractivity contribution is 0.0592. The quantitative estimate of drug-likeness (QED) is 0.870. The summed E-state index contributed by atoms with van der Waals surface area (Å²) in [5.74, 6) is 0.260. The molecule has 1 aromatic carbocycles. The van der Waals surface area contributed by atoms with Crippen molar-refractivity contribution < 1.29 is 9.53 Å². The van der Waals surface area contributed by atoms with E-state index in [4.69, 9.17) is 4.74 Å². The molecule has 5 heteroatoms. The van der Waals surface area contributed by atoms with Gasteiger partial charge in [0.1, 0.15) is 5.82 Å². The predicted molar refractivity (Wildman–Crippen MR) is 77.9 cm³/mol. The molecule has 1 N–H and O–H groups in total. The SMILES string of the molecule is COC(=O)c1nc(Cc2ccccc2C)nc2c1CNC2. The second kappa shape index (κ2) is 5.61. The molecule has 1 aromatic heterocycles. The van der Waals surface area contributed by atoms with Crippen molar-refractivity contribution in [3.63, 3.8) is 0 Å². The van der Waals surface area contributed by atoms with E-state index in [1.54, 1.807) is 0 Å². The molecule has 2 aromatic rings. The molecule has 0 atom stereocenters. The number of aryl methyl sites for hydroxylation is 1. The van der Waals surface area contributed by atoms with Crippen molar-refractivity contribution >= 4 is 5.97 Å². The molecule has 0 amide bonds. The normalized spacial score (nSPS) is 13.0. The van der Waals surface area contributed by atoms with Gasteiger partial charge in [0, 0.05) is 25.1 Å². The van der Waals surface area contributed by atoms with Crippen LogP contribution in [-0.4, -0.2) is 23.0 Å². The van der Waals surface area contributed by atoms with Crippen molar-refractivity contribution in [3.05, 3.63) is 58.2 Å². The van der Waals surface area contributed by atoms with Crippen LogP contribution in [0.1, 0.15) is 38.7 Å². The highest BCUT2D eigenvalue weighted by atomic mass is 16.5. The lowest BCUT2D eigenvalue weighted by Crippen LogP contribution is -2.13. The Balaban J connectivity index is 2.00. The van der Waals surface area contributed by atoms with Gasteiger partial charge in [0.2, 0.25) is 0 Å². The van der Waals surface area contributed by atoms with E-state index < -0.39 is 5.97 Å². The van der Waals surface area contributed by atoms with Gasteiger partial charge in [-0.3, -0.25) is 0 Å². The molecule has 0 fully saturated rings. The van der Waals surface area contributed by atoms with Gasteiger partial charge in [0.05, 0.1) is 12.8 Å². The smallest absolute Gasteiger partial charge is 0.357 e. The molecule has 1 aliphatic heterocycles. The summed E-state index contributed by atoms with van der Waals surface area (Å²) in [7, 11) is 1.38. The van der Waals surface area contributed by atoms with E-state index in [2.05, 4.69) is 34.3 Å². The van der Waals surface area contributed by atoms with Gasteiger partial charge in [0.15, 0.2) is 5.69 Å². The van der Waals surface area contributed by atoms with Crippen molar-refractivity contribution in [2.45, 2.75) is 26.4 Å². The van der Waals surface area contributed by atoms with Crippen LogP contribution < -0.4 is 5.32 Å². The molecule has 0 unspecified atom stereocenters. The standard InChI is InChI=1S/C16H17N3O2/c1-10-5-3-4-6-11(10)7-14-18-13-9-17-8-12(13)15(19-14)16(20)21-2/h3-6,17H,7-9H2,1-2H3. The Morgan fingerprint density at radius 1 is 1.29 bits per heavy atom. The van der Waals surface area contributed by atoms with Gasteiger partial charge in [-0.1, -0.05) is 24.3 Å². The highest BCUT2D eigenvalue weighted by Gasteiger charge is 2.23. The first-order valence-electron chi connectivity index (χ1n) is 6.91. The summed E-state index contributed by atoms with van der Waals surface area (Å²) in [6, 6.07) is 8.12. The molecule has 1 aliphatic rings. The Hall–Kier alpha value is -2.27. The van der Waals surface area contributed by atoms with Gasteiger partial charge in [-0.05, 0) is 18.1 Å². The van der Waals surface area contributed by atoms with Gasteiger partial charge >= 0.3 is 5.97 Å². The molecular weight excluding hydrogens is 266 g/mol. The first kappa shape index (κ1) is 13.7. The summed E-state index contributed by atoms with van der Waals surface area (Å²) < 4.78 is 4.83. The molecule has 5 nitrogen and oxygen atoms in total. The number of benzene rings is 1. The first-order valence-corrected chi connectivity index (χ1v) is 6.91. The van der Waals surface area contributed by atoms with Crippen molar-refractivity contribution in [2.75, 3.05) is 7.11 Å². The van der Waals surface area contributed by atoms with E-state index in [1.165, 1.54) is 18.2 Å². The zero-order valence-corrected chi connectivity index (χ0v) is 12.1. The van der Waals surface area contributed by atoms with Gasteiger partial charge in [-0.25, -0.2) is 14.8 Å². The largest absolute Gasteiger partial charge is 0.464 e. The number of carbonyl (C=O) groups is 1. The van der Waals surface area contributed by atoms with E-state index in [0.717, 1.165) is 11.3 Å². The molecule has 2 heterocycles. The second-order valence-corrected chi connectivity index (χ2v) is 5.11. The molecule has 0 bridgehead atoms. The molecule has 0 spiro atoms. The number of carbonyl (C=O) groups excluding carboxylic acids is 1. The monoisotopic (exact) mass is 283 g/mol. The summed E-state index contributed by atoms with van der Waals surface area (Å²) in [4.78, 5) is 20.9. The molecule has 0 saturated carbocycles. The maximum Gasteiger partial charge on any atom is 0.357 e. The van der Waals surface area contributed by atoms with Gasteiger partial charge in [-0.2, -0.15) is 0 Å². The van der Waals surface area contributed by atoms with Crippen LogP contribution in [0.15, 0.2) is 24.3 Å². The number of ether oxygens (including phenoxy) is 1. The van der Waals surface area contributed by atoms with Gasteiger partial charge < -0.3 is 10.1 Å². The summed E-state index contributed by atoms with van der Waals surface area (Å²) in [5.41, 5.74) is 4.50. The average Bonchev–Trinajstić information content (AvgIpc) is 2.96. The Morgan fingerprint density at radius 3 is 2.86 bits per heavy atom. The van der Waals surface area contributed by atoms with Crippen LogP contribution in [0.25, 0.3) is 0 Å². The van der Waals surface area contributed by atoms with E-state index in [9.17, 15) is 4.79 Å². The van der Waals surface area contributed by atoms with Crippen molar-refractivity contribution in [1.29, 1.82) is 0 Å². The lowest BCUT2D eigenvalue weighted by atomic mass is 10.1. The molecule has 0 saturated heterocycles. The minimum atomic E-state index is -0.400. The fourth-order valence-corrected chi connectivity index (χ4v) is 2.54. The molecule has 0 aliphatic carbocycles. The second-order valence-electron chi connectivity index (χ2n) is 5.11. The number of fused-ring (bicyclic) bond motifs is 1. The van der Waals surface area contributed by atoms with Crippen LogP contribution in [0.4, 0.5) is 0 Å². The summed E-state index contributed by atoms with van der Waals surface area (Å²) in [5, 5.41) is 3.20. The summed E-state index contributed by atoms with van der Waals surface area (Å²) in [6.45, 7) is 3.35. The third-order valence-corrected chi connectivity index (χ3v) is 3.72. The fourth-order valence-electron chi connectivity index (χ4n) is 2.54. The maximum absolute atomic E-state index is 11.9. The molecule has 3 rings (SSSR count). The number of aromatic nitrogens is 2. The first-order chi connectivity index (χ1) is 10.2. The van der Waals surface area contributed by atoms with E-state index in [0.29, 0.717) is 31.0 Å². The third kappa shape index (κ3) is 2.64. The van der Waals surface area contributed by atoms with Crippen LogP contribution in [0.5, 0.6) is 0 Å². The maximum atomic E-state index is 11.9. The fraction of sp³-hybridized carbons (Fsp3) is 0.312. The van der Waals surface area contributed by atoms with E-state index >= 15 is 0 Å². The summed E-state index contributed by atoms with van der Waals surface area (Å²) >= 11 is 0. The Kier molecular flexibility index (Phi) is 3.66. The number of hydrogen-bond donors (Lipinski definition) is 1. The van der Waals surface area contributed by atoms with Crippen molar-refractivity contribution in [1.82, 2.24) is 15.3 Å². The van der Waals surface area contributed by atoms with Crippen LogP contribution in [0.3, 0.4) is 0 Å². The van der Waals surface area contributed by atoms with Gasteiger partial charge in [0.25, 0.3) is 0 Å². The zero-order valence-electron chi connectivity index (χ0n) is 12.1. The topological polar surface area (TPSA) is 64.1 Å². The number of nitrogens with one attached hydrogen (secondary N) is 1. The van der Waals surface area contributed by atoms with Crippen molar-refractivity contribution in [2.24, 2.45) is 0 Å². The predicted octanol–water partition coefficient (Wildman–Crippen LogP) is 1.77. The van der Waals surface area contributed by atoms with Crippen LogP contribution >= 0.6 is 0 Å². The Labute approximate surface area is 123 Å². The molecular formula is C16H17N3O2. The minimum absolute atomic E-state index is 0.385. The average molecular weight is 283 g/mol. The van der Waals surface area contributed by atoms with E-state index in [-0.39, 0.29) is 0 Å². The van der Waals surface area contributed by atoms with Crippen molar-refractivity contribution in [3.8, 4) is 0 Å². The molecule has 21 heavy (non-hydrogen) atoms. The number of methoxy groups -OCH3 is 1. The molecule has 108 valence electrons. The number of rotatable bonds is 3. The highest BCUT2D eigenvalue weighted by Crippen LogP contribution is 2.19. The van der Waals surface area contributed by atoms with E-state index in [1.807, 2.05) is 12.1 Å². The number of esters is 1. The number of hydrogen-bond acceptors (Lipinski definition) is 5. The highest BCUT2D eigenvalue weighted by molar-refractivity contribution is 5.89. The zero-order chi connectivity index (χ0) is 14.8. The Morgan fingerprint density at radius 2 is 2.10 bits per heavy atom. The number of nitrogens with zero attached hydrogens (tertiary/aromatic N) is 2. The minimum Gasteiger partial charge on any atom is -0.464 e. The van der Waals surface area contributed by atoms with Crippen LogP contribution in [0.2, 0.25) is 0 Å². The summed E-state index contributed by atoms with van der Waals surface area (Å²) in [6.07, 6.45) is 0.615. The molecule has 0 radical (unpaired) electrons. The van der Waals surface area contributed by atoms with Gasteiger partial charge in [-0.15, -0.1) is 0 Å². The Bertz CT molecular complexity index is 698. The lowest BCUT2D eigenvalue weighted by Gasteiger charge is -2.09.